The zero-order chi connectivity index (χ0) is 13.2. The lowest BCUT2D eigenvalue weighted by molar-refractivity contribution is 0.0680. The van der Waals surface area contributed by atoms with Crippen LogP contribution < -0.4 is 5.32 Å². The lowest BCUT2D eigenvalue weighted by Crippen LogP contribution is -2.55. The number of likely N-dealkylation sites (N-methyl/N-ethyl adjacent to an activating group) is 1. The number of piperidine rings is 1. The summed E-state index contributed by atoms with van der Waals surface area (Å²) in [6.45, 7) is 12.0. The Balaban J connectivity index is 2.10. The highest BCUT2D eigenvalue weighted by Gasteiger charge is 2.45. The third kappa shape index (κ3) is 2.75. The summed E-state index contributed by atoms with van der Waals surface area (Å²) in [4.78, 5) is 2.85. The van der Waals surface area contributed by atoms with E-state index in [2.05, 4.69) is 37.9 Å². The molecule has 1 aliphatic carbocycles. The van der Waals surface area contributed by atoms with Gasteiger partial charge >= 0.3 is 0 Å². The highest BCUT2D eigenvalue weighted by Crippen LogP contribution is 2.41. The molecule has 3 unspecified atom stereocenters. The topological polar surface area (TPSA) is 15.3 Å². The summed E-state index contributed by atoms with van der Waals surface area (Å²) in [5, 5.41) is 3.79. The lowest BCUT2D eigenvalue weighted by Gasteiger charge is -2.44. The first-order chi connectivity index (χ1) is 8.60. The molecule has 0 spiro atoms. The molecule has 0 bridgehead atoms. The third-order valence-electron chi connectivity index (χ3n) is 5.31. The number of likely N-dealkylation sites (tertiary alicyclic amines) is 1. The van der Waals surface area contributed by atoms with Gasteiger partial charge in [0.05, 0.1) is 0 Å². The van der Waals surface area contributed by atoms with Gasteiger partial charge in [-0.2, -0.15) is 0 Å². The Morgan fingerprint density at radius 1 is 1.17 bits per heavy atom. The molecule has 0 aromatic rings. The molecule has 2 nitrogen and oxygen atoms in total. The average Bonchev–Trinajstić information content (AvgIpc) is 2.66. The Kier molecular flexibility index (Phi) is 4.71. The standard InChI is InChI=1S/C16H32N2/c1-5-13-9-7-8-12-18(13)14-10-11-16(3,4)15(14)17-6-2/h13-15,17H,5-12H2,1-4H3. The molecule has 0 radical (unpaired) electrons. The highest BCUT2D eigenvalue weighted by atomic mass is 15.2. The van der Waals surface area contributed by atoms with E-state index < -0.39 is 0 Å². The van der Waals surface area contributed by atoms with Crippen LogP contribution in [0, 0.1) is 5.41 Å². The maximum Gasteiger partial charge on any atom is 0.0274 e. The first-order valence-electron chi connectivity index (χ1n) is 8.09. The van der Waals surface area contributed by atoms with Crippen molar-refractivity contribution in [3.63, 3.8) is 0 Å². The predicted molar refractivity (Wildman–Crippen MR) is 78.9 cm³/mol. The lowest BCUT2D eigenvalue weighted by atomic mass is 9.85. The molecular formula is C16H32N2. The van der Waals surface area contributed by atoms with Gasteiger partial charge in [0, 0.05) is 18.1 Å². The van der Waals surface area contributed by atoms with Gasteiger partial charge < -0.3 is 5.32 Å². The van der Waals surface area contributed by atoms with Crippen molar-refractivity contribution in [2.45, 2.75) is 84.3 Å². The van der Waals surface area contributed by atoms with Crippen molar-refractivity contribution in [1.29, 1.82) is 0 Å². The van der Waals surface area contributed by atoms with Crippen LogP contribution in [-0.2, 0) is 0 Å². The van der Waals surface area contributed by atoms with Gasteiger partial charge in [0.2, 0.25) is 0 Å². The molecule has 1 saturated carbocycles. The summed E-state index contributed by atoms with van der Waals surface area (Å²) in [6.07, 6.45) is 8.37. The monoisotopic (exact) mass is 252 g/mol. The Morgan fingerprint density at radius 2 is 1.94 bits per heavy atom. The number of hydrogen-bond donors (Lipinski definition) is 1. The second-order valence-corrected chi connectivity index (χ2v) is 6.93. The number of rotatable bonds is 4. The fourth-order valence-electron chi connectivity index (χ4n) is 4.25. The molecule has 3 atom stereocenters. The first kappa shape index (κ1) is 14.3. The Morgan fingerprint density at radius 3 is 2.61 bits per heavy atom. The normalized spacial score (nSPS) is 37.0. The van der Waals surface area contributed by atoms with Crippen LogP contribution in [0.1, 0.15) is 66.2 Å². The van der Waals surface area contributed by atoms with Crippen molar-refractivity contribution < 1.29 is 0 Å². The fraction of sp³-hybridized carbons (Fsp3) is 1.00. The van der Waals surface area contributed by atoms with Crippen LogP contribution >= 0.6 is 0 Å². The van der Waals surface area contributed by atoms with Crippen molar-refractivity contribution in [2.24, 2.45) is 5.41 Å². The zero-order valence-electron chi connectivity index (χ0n) is 12.8. The minimum Gasteiger partial charge on any atom is -0.312 e. The van der Waals surface area contributed by atoms with Gasteiger partial charge in [0.1, 0.15) is 0 Å². The molecule has 1 heterocycles. The minimum atomic E-state index is 0.469. The smallest absolute Gasteiger partial charge is 0.0274 e. The van der Waals surface area contributed by atoms with Crippen LogP contribution in [0.25, 0.3) is 0 Å². The molecule has 106 valence electrons. The van der Waals surface area contributed by atoms with Gasteiger partial charge in [-0.15, -0.1) is 0 Å². The summed E-state index contributed by atoms with van der Waals surface area (Å²) in [7, 11) is 0. The molecule has 1 N–H and O–H groups in total. The molecule has 2 rings (SSSR count). The van der Waals surface area contributed by atoms with E-state index in [4.69, 9.17) is 0 Å². The Hall–Kier alpha value is -0.0800. The second kappa shape index (κ2) is 5.92. The first-order valence-corrected chi connectivity index (χ1v) is 8.09. The van der Waals surface area contributed by atoms with E-state index in [1.54, 1.807) is 0 Å². The van der Waals surface area contributed by atoms with Gasteiger partial charge in [0.15, 0.2) is 0 Å². The summed E-state index contributed by atoms with van der Waals surface area (Å²) in [5.41, 5.74) is 0.469. The largest absolute Gasteiger partial charge is 0.312 e. The molecule has 2 heteroatoms. The average molecular weight is 252 g/mol. The van der Waals surface area contributed by atoms with E-state index in [1.165, 1.54) is 45.1 Å². The maximum atomic E-state index is 3.79. The van der Waals surface area contributed by atoms with E-state index >= 15 is 0 Å². The van der Waals surface area contributed by atoms with Crippen molar-refractivity contribution in [2.75, 3.05) is 13.1 Å². The molecule has 18 heavy (non-hydrogen) atoms. The van der Waals surface area contributed by atoms with Gasteiger partial charge in [-0.25, -0.2) is 0 Å². The van der Waals surface area contributed by atoms with Crippen LogP contribution in [0.15, 0.2) is 0 Å². The zero-order valence-corrected chi connectivity index (χ0v) is 12.8. The van der Waals surface area contributed by atoms with Crippen molar-refractivity contribution >= 4 is 0 Å². The molecule has 2 aliphatic rings. The molecule has 0 amide bonds. The van der Waals surface area contributed by atoms with E-state index in [0.29, 0.717) is 11.5 Å². The van der Waals surface area contributed by atoms with Crippen LogP contribution in [0.2, 0.25) is 0 Å². The number of nitrogens with one attached hydrogen (secondary N) is 1. The molecule has 0 aromatic heterocycles. The van der Waals surface area contributed by atoms with Gasteiger partial charge in [-0.3, -0.25) is 4.90 Å². The Bertz CT molecular complexity index is 262. The van der Waals surface area contributed by atoms with E-state index in [-0.39, 0.29) is 0 Å². The van der Waals surface area contributed by atoms with Crippen LogP contribution in [-0.4, -0.2) is 36.1 Å². The summed E-state index contributed by atoms with van der Waals surface area (Å²) >= 11 is 0. The van der Waals surface area contributed by atoms with Crippen molar-refractivity contribution in [1.82, 2.24) is 10.2 Å². The minimum absolute atomic E-state index is 0.469. The number of hydrogen-bond acceptors (Lipinski definition) is 2. The van der Waals surface area contributed by atoms with Gasteiger partial charge in [-0.05, 0) is 50.6 Å². The maximum absolute atomic E-state index is 3.79. The van der Waals surface area contributed by atoms with Crippen LogP contribution in [0.5, 0.6) is 0 Å². The number of nitrogens with zero attached hydrogens (tertiary/aromatic N) is 1. The highest BCUT2D eigenvalue weighted by molar-refractivity contribution is 5.02. The molecule has 1 aliphatic heterocycles. The van der Waals surface area contributed by atoms with Crippen molar-refractivity contribution in [3.05, 3.63) is 0 Å². The van der Waals surface area contributed by atoms with Crippen LogP contribution in [0.3, 0.4) is 0 Å². The second-order valence-electron chi connectivity index (χ2n) is 6.93. The fourth-order valence-corrected chi connectivity index (χ4v) is 4.25. The van der Waals surface area contributed by atoms with Gasteiger partial charge in [-0.1, -0.05) is 34.1 Å². The third-order valence-corrected chi connectivity index (χ3v) is 5.31. The quantitative estimate of drug-likeness (QED) is 0.825. The molecule has 1 saturated heterocycles. The van der Waals surface area contributed by atoms with Gasteiger partial charge in [0.25, 0.3) is 0 Å². The summed E-state index contributed by atoms with van der Waals surface area (Å²) in [5.74, 6) is 0. The van der Waals surface area contributed by atoms with E-state index in [0.717, 1.165) is 18.6 Å². The summed E-state index contributed by atoms with van der Waals surface area (Å²) < 4.78 is 0. The SMILES string of the molecule is CCNC1C(N2CCCCC2CC)CCC1(C)C. The van der Waals surface area contributed by atoms with E-state index in [9.17, 15) is 0 Å². The predicted octanol–water partition coefficient (Wildman–Crippen LogP) is 3.42. The molecular weight excluding hydrogens is 220 g/mol. The van der Waals surface area contributed by atoms with Crippen molar-refractivity contribution in [3.8, 4) is 0 Å². The van der Waals surface area contributed by atoms with E-state index in [1.807, 2.05) is 0 Å². The van der Waals surface area contributed by atoms with Crippen LogP contribution in [0.4, 0.5) is 0 Å². The molecule has 0 aromatic carbocycles. The molecule has 2 fully saturated rings. The Labute approximate surface area is 114 Å². The summed E-state index contributed by atoms with van der Waals surface area (Å²) in [6, 6.07) is 2.32.